The van der Waals surface area contributed by atoms with Crippen LogP contribution in [0.15, 0.2) is 58.3 Å². The fourth-order valence-electron chi connectivity index (χ4n) is 2.81. The summed E-state index contributed by atoms with van der Waals surface area (Å²) in [5.41, 5.74) is 2.99. The number of aryl methyl sites for hydroxylation is 1. The molecule has 0 radical (unpaired) electrons. The van der Waals surface area contributed by atoms with Gasteiger partial charge in [-0.25, -0.2) is 4.68 Å². The number of nitrogens with zero attached hydrogens (tertiary/aromatic N) is 2. The third-order valence-electron chi connectivity index (χ3n) is 4.35. The van der Waals surface area contributed by atoms with Gasteiger partial charge in [-0.3, -0.25) is 19.7 Å². The number of hydrogen-bond acceptors (Lipinski definition) is 4. The second kappa shape index (κ2) is 9.05. The molecular weight excluding hydrogens is 368 g/mol. The zero-order valence-electron chi connectivity index (χ0n) is 16.7. The van der Waals surface area contributed by atoms with E-state index in [1.807, 2.05) is 38.1 Å². The van der Waals surface area contributed by atoms with Crippen molar-refractivity contribution in [3.63, 3.8) is 0 Å². The highest BCUT2D eigenvalue weighted by molar-refractivity contribution is 5.90. The number of rotatable bonds is 7. The summed E-state index contributed by atoms with van der Waals surface area (Å²) in [6.45, 7) is 6.07. The minimum Gasteiger partial charge on any atom is -0.492 e. The number of carbonyl (C=O) groups is 1. The number of ether oxygens (including phenoxy) is 1. The Morgan fingerprint density at radius 1 is 1.17 bits per heavy atom. The van der Waals surface area contributed by atoms with Gasteiger partial charge in [0.05, 0.1) is 17.9 Å². The van der Waals surface area contributed by atoms with E-state index >= 15 is 0 Å². The summed E-state index contributed by atoms with van der Waals surface area (Å²) in [6.07, 6.45) is 1.96. The van der Waals surface area contributed by atoms with E-state index in [2.05, 4.69) is 15.4 Å². The number of aliphatic imine (C=N–C) groups is 1. The van der Waals surface area contributed by atoms with Crippen molar-refractivity contribution in [2.45, 2.75) is 27.2 Å². The normalized spacial score (nSPS) is 11.0. The third-order valence-corrected chi connectivity index (χ3v) is 4.35. The van der Waals surface area contributed by atoms with Crippen molar-refractivity contribution >= 4 is 23.5 Å². The number of aromatic nitrogens is 2. The number of anilines is 1. The van der Waals surface area contributed by atoms with E-state index in [1.54, 1.807) is 37.4 Å². The molecule has 0 aliphatic rings. The Morgan fingerprint density at radius 3 is 2.59 bits per heavy atom. The molecule has 2 aromatic carbocycles. The van der Waals surface area contributed by atoms with E-state index in [0.717, 1.165) is 0 Å². The van der Waals surface area contributed by atoms with Gasteiger partial charge in [-0.05, 0) is 50.2 Å². The van der Waals surface area contributed by atoms with E-state index in [1.165, 1.54) is 4.68 Å². The average molecular weight is 392 g/mol. The molecule has 0 unspecified atom stereocenters. The molecule has 3 rings (SSSR count). The molecule has 0 atom stereocenters. The number of aromatic amines is 1. The number of benzene rings is 2. The van der Waals surface area contributed by atoms with E-state index in [-0.39, 0.29) is 11.5 Å². The van der Waals surface area contributed by atoms with Gasteiger partial charge in [0.2, 0.25) is 5.91 Å². The smallest absolute Gasteiger partial charge is 0.280 e. The van der Waals surface area contributed by atoms with Crippen molar-refractivity contribution in [3.05, 3.63) is 70.1 Å². The SMILES string of the molecule is CCOc1ccccc1N=Cc1c(C)[nH]n(-c2ccc(NC(=O)CC)cc2)c1=O. The van der Waals surface area contributed by atoms with Crippen LogP contribution in [0.4, 0.5) is 11.4 Å². The number of nitrogens with one attached hydrogen (secondary N) is 2. The minimum atomic E-state index is -0.203. The van der Waals surface area contributed by atoms with E-state index in [4.69, 9.17) is 4.74 Å². The van der Waals surface area contributed by atoms with Gasteiger partial charge in [-0.1, -0.05) is 19.1 Å². The summed E-state index contributed by atoms with van der Waals surface area (Å²) >= 11 is 0. The lowest BCUT2D eigenvalue weighted by Gasteiger charge is -2.05. The Balaban J connectivity index is 1.88. The third kappa shape index (κ3) is 4.63. The first-order chi connectivity index (χ1) is 14.0. The van der Waals surface area contributed by atoms with Crippen LogP contribution in [0, 0.1) is 6.92 Å². The number of carbonyl (C=O) groups excluding carboxylic acids is 1. The zero-order valence-corrected chi connectivity index (χ0v) is 16.7. The first-order valence-corrected chi connectivity index (χ1v) is 9.51. The molecule has 3 aromatic rings. The van der Waals surface area contributed by atoms with Crippen LogP contribution in [0.2, 0.25) is 0 Å². The quantitative estimate of drug-likeness (QED) is 0.596. The van der Waals surface area contributed by atoms with Crippen LogP contribution in [0.5, 0.6) is 5.75 Å². The summed E-state index contributed by atoms with van der Waals surface area (Å²) in [5.74, 6) is 0.612. The number of amides is 1. The summed E-state index contributed by atoms with van der Waals surface area (Å²) in [6, 6.07) is 14.5. The lowest BCUT2D eigenvalue weighted by atomic mass is 10.2. The molecule has 0 saturated heterocycles. The molecule has 1 heterocycles. The van der Waals surface area contributed by atoms with Gasteiger partial charge in [0.15, 0.2) is 0 Å². The van der Waals surface area contributed by atoms with Gasteiger partial charge in [0.25, 0.3) is 5.56 Å². The molecule has 7 heteroatoms. The standard InChI is InChI=1S/C22H24N4O3/c1-4-21(27)24-16-10-12-17(13-11-16)26-22(28)18(15(3)25-26)14-23-19-8-6-7-9-20(19)29-5-2/h6-14,25H,4-5H2,1-3H3,(H,24,27). The highest BCUT2D eigenvalue weighted by Gasteiger charge is 2.11. The second-order valence-electron chi connectivity index (χ2n) is 6.40. The number of H-pyrrole nitrogens is 1. The molecule has 150 valence electrons. The molecule has 0 fully saturated rings. The fourth-order valence-corrected chi connectivity index (χ4v) is 2.81. The monoisotopic (exact) mass is 392 g/mol. The molecule has 0 spiro atoms. The van der Waals surface area contributed by atoms with E-state index in [9.17, 15) is 9.59 Å². The Labute approximate surface area is 169 Å². The lowest BCUT2D eigenvalue weighted by molar-refractivity contribution is -0.115. The predicted molar refractivity (Wildman–Crippen MR) is 115 cm³/mol. The van der Waals surface area contributed by atoms with Crippen LogP contribution < -0.4 is 15.6 Å². The Morgan fingerprint density at radius 2 is 1.90 bits per heavy atom. The van der Waals surface area contributed by atoms with Crippen LogP contribution in [0.25, 0.3) is 5.69 Å². The van der Waals surface area contributed by atoms with Crippen molar-refractivity contribution < 1.29 is 9.53 Å². The molecule has 0 saturated carbocycles. The van der Waals surface area contributed by atoms with Gasteiger partial charge in [-0.2, -0.15) is 0 Å². The largest absolute Gasteiger partial charge is 0.492 e. The first-order valence-electron chi connectivity index (χ1n) is 9.51. The maximum absolute atomic E-state index is 12.9. The summed E-state index contributed by atoms with van der Waals surface area (Å²) < 4.78 is 7.03. The molecule has 1 amide bonds. The molecule has 0 bridgehead atoms. The molecule has 29 heavy (non-hydrogen) atoms. The second-order valence-corrected chi connectivity index (χ2v) is 6.40. The Bertz CT molecular complexity index is 1080. The van der Waals surface area contributed by atoms with Crippen molar-refractivity contribution in [2.75, 3.05) is 11.9 Å². The van der Waals surface area contributed by atoms with E-state index in [0.29, 0.717) is 47.1 Å². The molecule has 0 aliphatic carbocycles. The topological polar surface area (TPSA) is 88.5 Å². The van der Waals surface area contributed by atoms with Crippen LogP contribution in [0.3, 0.4) is 0 Å². The molecule has 2 N–H and O–H groups in total. The van der Waals surface area contributed by atoms with Gasteiger partial charge in [-0.15, -0.1) is 0 Å². The first kappa shape index (κ1) is 20.1. The fraction of sp³-hybridized carbons (Fsp3) is 0.227. The van der Waals surface area contributed by atoms with Crippen LogP contribution in [-0.2, 0) is 4.79 Å². The van der Waals surface area contributed by atoms with Gasteiger partial charge >= 0.3 is 0 Å². The molecule has 1 aromatic heterocycles. The van der Waals surface area contributed by atoms with Gasteiger partial charge in [0.1, 0.15) is 11.4 Å². The van der Waals surface area contributed by atoms with Crippen molar-refractivity contribution in [1.29, 1.82) is 0 Å². The molecule has 7 nitrogen and oxygen atoms in total. The summed E-state index contributed by atoms with van der Waals surface area (Å²) in [7, 11) is 0. The highest BCUT2D eigenvalue weighted by atomic mass is 16.5. The summed E-state index contributed by atoms with van der Waals surface area (Å²) in [5, 5.41) is 5.86. The molecular formula is C22H24N4O3. The average Bonchev–Trinajstić information content (AvgIpc) is 3.01. The van der Waals surface area contributed by atoms with Crippen molar-refractivity contribution in [3.8, 4) is 11.4 Å². The highest BCUT2D eigenvalue weighted by Crippen LogP contribution is 2.26. The maximum Gasteiger partial charge on any atom is 0.280 e. The number of hydrogen-bond donors (Lipinski definition) is 2. The Kier molecular flexibility index (Phi) is 6.29. The maximum atomic E-state index is 12.9. The van der Waals surface area contributed by atoms with Gasteiger partial charge in [0, 0.05) is 24.0 Å². The predicted octanol–water partition coefficient (Wildman–Crippen LogP) is 3.97. The lowest BCUT2D eigenvalue weighted by Crippen LogP contribution is -2.17. The zero-order chi connectivity index (χ0) is 20.8. The van der Waals surface area contributed by atoms with Crippen molar-refractivity contribution in [2.24, 2.45) is 4.99 Å². The van der Waals surface area contributed by atoms with Crippen LogP contribution in [0.1, 0.15) is 31.5 Å². The van der Waals surface area contributed by atoms with Crippen molar-refractivity contribution in [1.82, 2.24) is 9.78 Å². The summed E-state index contributed by atoms with van der Waals surface area (Å²) in [4.78, 5) is 28.8. The Hall–Kier alpha value is -3.61. The minimum absolute atomic E-state index is 0.0588. The van der Waals surface area contributed by atoms with Gasteiger partial charge < -0.3 is 10.1 Å². The van der Waals surface area contributed by atoms with Crippen LogP contribution >= 0.6 is 0 Å². The molecule has 0 aliphatic heterocycles. The van der Waals surface area contributed by atoms with Crippen LogP contribution in [-0.4, -0.2) is 28.5 Å². The van der Waals surface area contributed by atoms with E-state index < -0.39 is 0 Å². The number of para-hydroxylation sites is 2.